The van der Waals surface area contributed by atoms with Gasteiger partial charge in [0.1, 0.15) is 0 Å². The fraction of sp³-hybridized carbons (Fsp3) is 0.921. The van der Waals surface area contributed by atoms with E-state index in [0.717, 1.165) is 41.1 Å². The molecule has 86 heavy (non-hydrogen) atoms. The van der Waals surface area contributed by atoms with Crippen molar-refractivity contribution in [1.82, 2.24) is 0 Å². The molecule has 10 heteroatoms. The first kappa shape index (κ1) is 86.7. The van der Waals surface area contributed by atoms with Crippen LogP contribution in [0.3, 0.4) is 0 Å². The molecule has 3 rings (SSSR count). The average molecular weight is 1380 g/mol. The van der Waals surface area contributed by atoms with Gasteiger partial charge in [0, 0.05) is 14.2 Å². The Morgan fingerprint density at radius 1 is 0.314 bits per heavy atom. The number of rotatable bonds is 51. The molecule has 0 heterocycles. The van der Waals surface area contributed by atoms with Crippen LogP contribution in [0.5, 0.6) is 0 Å². The van der Waals surface area contributed by atoms with Crippen LogP contribution in [0.2, 0.25) is 0 Å². The predicted octanol–water partition coefficient (Wildman–Crippen LogP) is 27.3. The van der Waals surface area contributed by atoms with Crippen molar-refractivity contribution >= 4 is 119 Å². The van der Waals surface area contributed by atoms with Gasteiger partial charge in [-0.2, -0.15) is 119 Å². The first-order valence-corrected chi connectivity index (χ1v) is 46.3. The maximum Gasteiger partial charge on any atom is 0.00750 e. The zero-order chi connectivity index (χ0) is 63.3. The van der Waals surface area contributed by atoms with Crippen molar-refractivity contribution in [1.29, 1.82) is 0 Å². The molecule has 3 aliphatic carbocycles. The summed E-state index contributed by atoms with van der Waals surface area (Å²) in [7, 11) is 0. The normalized spacial score (nSPS) is 21.9. The van der Waals surface area contributed by atoms with Gasteiger partial charge in [0.25, 0.3) is 0 Å². The summed E-state index contributed by atoms with van der Waals surface area (Å²) in [5.74, 6) is 27.2. The van der Waals surface area contributed by atoms with Crippen molar-refractivity contribution in [3.8, 4) is 0 Å². The molecule has 3 saturated carbocycles. The summed E-state index contributed by atoms with van der Waals surface area (Å²) < 4.78 is 1.29. The smallest absolute Gasteiger partial charge is 0.00750 e. The standard InChI is InChI=1S/C58H114S8.C12H18.C6H14S2/c1-56(2,3)64-42-25-15-12-22-37-59-45-32-51-30-31-54(35-48-62-40-24-14-17-27-44-66-58(7,8)9)55(50-51)36-49-63-41-21-11-10-20-38-60-46-33-52-28-18-19-29-53(52)34-47-61-39-23-13-16-26-43-65-57(4,5)6;1-4-10-7-8-11(5-2)12(6-3)9-10;7-5-3-1-2-4-6-8/h51-55H,10-50H2,1-9H3;4-6,10-12H,1-3,7-9H2;7-8H,1-6H2. The van der Waals surface area contributed by atoms with Crippen LogP contribution in [0.4, 0.5) is 0 Å². The van der Waals surface area contributed by atoms with Gasteiger partial charge < -0.3 is 0 Å². The molecule has 3 fully saturated rings. The molecule has 0 amide bonds. The second-order valence-corrected chi connectivity index (χ2v) is 41.8. The Morgan fingerprint density at radius 3 is 0.977 bits per heavy atom. The third-order valence-electron chi connectivity index (χ3n) is 18.0. The Labute approximate surface area is 586 Å². The highest BCUT2D eigenvalue weighted by Gasteiger charge is 2.30. The zero-order valence-corrected chi connectivity index (χ0v) is 66.8. The van der Waals surface area contributed by atoms with Crippen molar-refractivity contribution in [2.45, 2.75) is 301 Å². The number of allylic oxidation sites excluding steroid dienone is 3. The Hall–Kier alpha value is 2.72. The Kier molecular flexibility index (Phi) is 59.5. The number of hydrogen-bond donors (Lipinski definition) is 2. The molecule has 0 aromatic heterocycles. The summed E-state index contributed by atoms with van der Waals surface area (Å²) >= 11 is 26.1. The van der Waals surface area contributed by atoms with Gasteiger partial charge in [0.15, 0.2) is 0 Å². The van der Waals surface area contributed by atoms with Crippen LogP contribution in [0.15, 0.2) is 38.0 Å². The molecule has 0 radical (unpaired) electrons. The maximum absolute atomic E-state index is 4.10. The minimum Gasteiger partial charge on any atom is -0.179 e. The Morgan fingerprint density at radius 2 is 0.640 bits per heavy atom. The van der Waals surface area contributed by atoms with Gasteiger partial charge in [-0.3, -0.25) is 0 Å². The van der Waals surface area contributed by atoms with Crippen molar-refractivity contribution in [2.24, 2.45) is 47.3 Å². The minimum atomic E-state index is 0.427. The fourth-order valence-electron chi connectivity index (χ4n) is 12.7. The maximum atomic E-state index is 4.10. The van der Waals surface area contributed by atoms with Crippen LogP contribution in [-0.4, -0.2) is 101 Å². The SMILES string of the molecule is C=CC1CCC(C=C)C(C=C)C1.CC(C)(C)SCCCCCCSCCC1CCC(CCSCCCCCCSC(C)(C)C)C(CCSCCCCCCSCCC2CCCCC2CCSCCCCCCSC(C)(C)C)C1.SCCCCCCS. The van der Waals surface area contributed by atoms with E-state index in [0.29, 0.717) is 32.0 Å². The molecule has 0 aliphatic heterocycles. The van der Waals surface area contributed by atoms with Gasteiger partial charge in [-0.25, -0.2) is 0 Å². The van der Waals surface area contributed by atoms with E-state index in [9.17, 15) is 0 Å². The number of thioether (sulfide) groups is 8. The van der Waals surface area contributed by atoms with E-state index in [4.69, 9.17) is 0 Å². The van der Waals surface area contributed by atoms with Gasteiger partial charge in [-0.1, -0.05) is 177 Å². The summed E-state index contributed by atoms with van der Waals surface area (Å²) in [6.07, 6.45) is 56.2. The molecule has 8 atom stereocenters. The minimum absolute atomic E-state index is 0.427. The van der Waals surface area contributed by atoms with Crippen LogP contribution < -0.4 is 0 Å². The lowest BCUT2D eigenvalue weighted by molar-refractivity contribution is 0.169. The van der Waals surface area contributed by atoms with Crippen LogP contribution in [0.1, 0.15) is 287 Å². The summed E-state index contributed by atoms with van der Waals surface area (Å²) in [4.78, 5) is 0. The first-order valence-electron chi connectivity index (χ1n) is 36.3. The zero-order valence-electron chi connectivity index (χ0n) is 58.5. The first-order chi connectivity index (χ1) is 41.4. The molecule has 0 aromatic rings. The van der Waals surface area contributed by atoms with Crippen LogP contribution in [-0.2, 0) is 0 Å². The quantitative estimate of drug-likeness (QED) is 0.0347. The molecular weight excluding hydrogens is 1230 g/mol. The molecule has 0 aromatic carbocycles. The van der Waals surface area contributed by atoms with Gasteiger partial charge in [0.05, 0.1) is 0 Å². The molecule has 0 bridgehead atoms. The highest BCUT2D eigenvalue weighted by atomic mass is 32.2. The van der Waals surface area contributed by atoms with E-state index in [2.05, 4.69) is 220 Å². The van der Waals surface area contributed by atoms with E-state index in [1.165, 1.54) is 293 Å². The molecule has 510 valence electrons. The van der Waals surface area contributed by atoms with Crippen molar-refractivity contribution in [3.05, 3.63) is 38.0 Å². The summed E-state index contributed by atoms with van der Waals surface area (Å²) in [5, 5.41) is 0. The highest BCUT2D eigenvalue weighted by Crippen LogP contribution is 2.42. The van der Waals surface area contributed by atoms with Gasteiger partial charge in [-0.05, 0) is 262 Å². The molecule has 0 saturated heterocycles. The van der Waals surface area contributed by atoms with E-state index < -0.39 is 0 Å². The number of unbranched alkanes of at least 4 members (excludes halogenated alkanes) is 15. The summed E-state index contributed by atoms with van der Waals surface area (Å²) in [5.41, 5.74) is 0. The van der Waals surface area contributed by atoms with Crippen LogP contribution in [0, 0.1) is 47.3 Å². The van der Waals surface area contributed by atoms with Gasteiger partial charge in [0.2, 0.25) is 0 Å². The molecule has 8 unspecified atom stereocenters. The van der Waals surface area contributed by atoms with Crippen molar-refractivity contribution in [2.75, 3.05) is 86.3 Å². The second-order valence-electron chi connectivity index (χ2n) is 29.0. The van der Waals surface area contributed by atoms with E-state index in [-0.39, 0.29) is 0 Å². The lowest BCUT2D eigenvalue weighted by Gasteiger charge is -2.36. The second kappa shape index (κ2) is 59.0. The molecule has 0 nitrogen and oxygen atoms in total. The van der Waals surface area contributed by atoms with Gasteiger partial charge >= 0.3 is 0 Å². The summed E-state index contributed by atoms with van der Waals surface area (Å²) in [6, 6.07) is 0. The fourth-order valence-corrected chi connectivity index (χ4v) is 21.4. The predicted molar refractivity (Wildman–Crippen MR) is 431 cm³/mol. The topological polar surface area (TPSA) is 0 Å². The van der Waals surface area contributed by atoms with Crippen molar-refractivity contribution in [3.63, 3.8) is 0 Å². The van der Waals surface area contributed by atoms with E-state index in [1.54, 1.807) is 6.42 Å². The lowest BCUT2D eigenvalue weighted by Crippen LogP contribution is -2.26. The molecule has 0 N–H and O–H groups in total. The van der Waals surface area contributed by atoms with Crippen LogP contribution in [0.25, 0.3) is 0 Å². The van der Waals surface area contributed by atoms with E-state index in [1.807, 2.05) is 0 Å². The molecule has 3 aliphatic rings. The van der Waals surface area contributed by atoms with E-state index >= 15 is 0 Å². The monoisotopic (exact) mass is 1380 g/mol. The highest BCUT2D eigenvalue weighted by molar-refractivity contribution is 8.01. The number of thiol groups is 2. The van der Waals surface area contributed by atoms with Gasteiger partial charge in [-0.15, -0.1) is 19.7 Å². The number of hydrogen-bond acceptors (Lipinski definition) is 10. The Balaban J connectivity index is 0.00000155. The third-order valence-corrected chi connectivity index (χ3v) is 28.2. The molecular formula is C76H146S10. The average Bonchev–Trinajstić information content (AvgIpc) is 3.47. The largest absolute Gasteiger partial charge is 0.179 e. The third kappa shape index (κ3) is 54.9. The summed E-state index contributed by atoms with van der Waals surface area (Å²) in [6.45, 7) is 32.7. The lowest BCUT2D eigenvalue weighted by atomic mass is 9.71. The molecule has 0 spiro atoms. The van der Waals surface area contributed by atoms with Crippen molar-refractivity contribution < 1.29 is 0 Å². The van der Waals surface area contributed by atoms with Crippen LogP contribution >= 0.6 is 119 Å². The Bertz CT molecular complexity index is 1480.